The molecule has 0 N–H and O–H groups in total. The Morgan fingerprint density at radius 3 is 0.959 bits per heavy atom. The molecule has 0 saturated heterocycles. The van der Waals surface area contributed by atoms with Crippen LogP contribution in [0.25, 0.3) is 9.69 Å². The van der Waals surface area contributed by atoms with E-state index in [9.17, 15) is 35.4 Å². The summed E-state index contributed by atoms with van der Waals surface area (Å²) in [5.41, 5.74) is -0.754. The number of hydrogen-bond acceptors (Lipinski definition) is 25. The van der Waals surface area contributed by atoms with E-state index in [4.69, 9.17) is 84.2 Å². The van der Waals surface area contributed by atoms with Gasteiger partial charge in [-0.15, -0.1) is 0 Å². The summed E-state index contributed by atoms with van der Waals surface area (Å²) in [6.07, 6.45) is 1.57. The van der Waals surface area contributed by atoms with Gasteiger partial charge in [0.15, 0.2) is 5.70 Å². The van der Waals surface area contributed by atoms with Gasteiger partial charge in [-0.05, 0) is 71.5 Å². The summed E-state index contributed by atoms with van der Waals surface area (Å²) < 4.78 is 83.7. The number of allylic oxidation sites excluding steroid dienone is 8. The third kappa shape index (κ3) is 29.0. The highest BCUT2D eigenvalue weighted by molar-refractivity contribution is 5.96. The molecular weight excluding hydrogens is 1250 g/mol. The quantitative estimate of drug-likeness (QED) is 0.0147. The molecular formula is C70H103N9O18. The van der Waals surface area contributed by atoms with Gasteiger partial charge in [-0.25, -0.2) is 19.3 Å². The summed E-state index contributed by atoms with van der Waals surface area (Å²) in [6, 6.07) is 8.54. The molecule has 536 valence electrons. The molecule has 0 aliphatic heterocycles. The fourth-order valence-electron chi connectivity index (χ4n) is 11.2. The fourth-order valence-corrected chi connectivity index (χ4v) is 11.2. The van der Waals surface area contributed by atoms with Gasteiger partial charge in [-0.3, -0.25) is 4.79 Å². The van der Waals surface area contributed by atoms with Gasteiger partial charge in [0.25, 0.3) is 5.70 Å². The average Bonchev–Trinajstić information content (AvgIpc) is 0.796. The van der Waals surface area contributed by atoms with Gasteiger partial charge < -0.3 is 85.8 Å². The van der Waals surface area contributed by atoms with Crippen molar-refractivity contribution in [3.05, 3.63) is 90.3 Å². The fraction of sp³-hybridized carbons (Fsp3) is 0.700. The van der Waals surface area contributed by atoms with Crippen LogP contribution in [0, 0.1) is 80.6 Å². The first kappa shape index (κ1) is 83.9. The van der Waals surface area contributed by atoms with E-state index in [1.165, 1.54) is 0 Å². The zero-order chi connectivity index (χ0) is 71.7. The van der Waals surface area contributed by atoms with Gasteiger partial charge in [0.05, 0.1) is 156 Å². The number of methoxy groups -OCH3 is 6. The minimum atomic E-state index is -1.24. The summed E-state index contributed by atoms with van der Waals surface area (Å²) in [7, 11) is 9.40. The largest absolute Gasteiger partial charge is 0.470 e. The van der Waals surface area contributed by atoms with E-state index in [0.717, 1.165) is 0 Å². The van der Waals surface area contributed by atoms with E-state index in [0.29, 0.717) is 155 Å². The highest BCUT2D eigenvalue weighted by atomic mass is 16.6. The molecule has 0 heterocycles. The van der Waals surface area contributed by atoms with Crippen LogP contribution in [0.1, 0.15) is 80.1 Å². The molecule has 27 nitrogen and oxygen atoms in total. The Hall–Kier alpha value is -7.29. The van der Waals surface area contributed by atoms with Crippen LogP contribution in [-0.2, 0) is 85.4 Å². The Labute approximate surface area is 574 Å². The summed E-state index contributed by atoms with van der Waals surface area (Å²) in [6.45, 7) is 34.4. The molecule has 3 aliphatic carbocycles. The van der Waals surface area contributed by atoms with Crippen molar-refractivity contribution in [1.82, 2.24) is 14.7 Å². The van der Waals surface area contributed by atoms with Gasteiger partial charge in [0.2, 0.25) is 0 Å². The lowest BCUT2D eigenvalue weighted by atomic mass is 9.72. The number of hydrogen-bond donors (Lipinski definition) is 0. The third-order valence-corrected chi connectivity index (χ3v) is 15.9. The summed E-state index contributed by atoms with van der Waals surface area (Å²) in [4.78, 5) is 57.3. The van der Waals surface area contributed by atoms with Crippen LogP contribution >= 0.6 is 0 Å². The van der Waals surface area contributed by atoms with Crippen molar-refractivity contribution < 1.29 is 85.4 Å². The number of ether oxygens (including phenoxy) is 15. The molecule has 0 fully saturated rings. The lowest BCUT2D eigenvalue weighted by molar-refractivity contribution is -0.148. The van der Waals surface area contributed by atoms with Gasteiger partial charge in [-0.1, -0.05) is 41.5 Å². The summed E-state index contributed by atoms with van der Waals surface area (Å²) >= 11 is 0. The molecule has 0 aromatic carbocycles. The zero-order valence-corrected chi connectivity index (χ0v) is 59.3. The first-order valence-corrected chi connectivity index (χ1v) is 32.6. The minimum Gasteiger partial charge on any atom is -0.470 e. The molecule has 0 aromatic heterocycles. The van der Waals surface area contributed by atoms with Crippen LogP contribution in [0.3, 0.4) is 0 Å². The SMILES string of the molecule is [C-]#[N+]C1=C(N(CCOCCOC)CCOCCOC)CC(C)(C)C/C1=C(/[N+]#[C-])C(=O)OCC(COC(=O)/C(C#N)=C1\CC(C)(C)CC(N(CCOCCOC)CCOCCOC)=C1C#N)COC(=O)/C(C#N)=C1\CC(C)(C)CC(N(CCOCCOC)CCOCCOC)=C1C#N. The van der Waals surface area contributed by atoms with Crippen LogP contribution < -0.4 is 0 Å². The monoisotopic (exact) mass is 1360 g/mol. The number of esters is 3. The highest BCUT2D eigenvalue weighted by Crippen LogP contribution is 2.47. The van der Waals surface area contributed by atoms with Crippen LogP contribution in [0.5, 0.6) is 0 Å². The molecule has 3 rings (SSSR count). The van der Waals surface area contributed by atoms with Crippen LogP contribution in [-0.4, -0.2) is 253 Å². The van der Waals surface area contributed by atoms with Gasteiger partial charge in [0, 0.05) is 99.0 Å². The van der Waals surface area contributed by atoms with Crippen molar-refractivity contribution in [2.45, 2.75) is 80.1 Å². The standard InChI is InChI=1S/C70H103N9O18/c1-68(2)39-53(56(45-71)60(42-68)77(15-21-89-33-27-83-9)16-22-90-34-28-84-10)58(47-73)65(80)95-49-52(50-96-66(81)59(48-74)54-40-69(3,4)43-61(57(54)46-72)78(17-23-91-35-29-85-11)18-24-92-36-30-86-12)51-97-67(82)64(76-8)55-41-70(5,6)44-62(63(55)75-7)79(19-25-93-37-31-87-13)20-26-94-38-32-88-14/h52H,15-44,49-51H2,1-6,9-14H3/b58-53+,59-54+,64-55-. The average molecular weight is 1360 g/mol. The van der Waals surface area contributed by atoms with Gasteiger partial charge in [-0.2, -0.15) is 21.0 Å². The maximum atomic E-state index is 14.6. The lowest BCUT2D eigenvalue weighted by Crippen LogP contribution is -2.36. The molecule has 0 amide bonds. The lowest BCUT2D eigenvalue weighted by Gasteiger charge is -2.39. The van der Waals surface area contributed by atoms with Gasteiger partial charge in [0.1, 0.15) is 48.6 Å². The third-order valence-electron chi connectivity index (χ3n) is 15.9. The van der Waals surface area contributed by atoms with Crippen LogP contribution in [0.2, 0.25) is 0 Å². The first-order chi connectivity index (χ1) is 46.6. The Bertz CT molecular complexity index is 2640. The van der Waals surface area contributed by atoms with E-state index in [2.05, 4.69) is 21.8 Å². The predicted molar refractivity (Wildman–Crippen MR) is 354 cm³/mol. The molecule has 0 unspecified atom stereocenters. The van der Waals surface area contributed by atoms with Crippen molar-refractivity contribution in [3.63, 3.8) is 0 Å². The summed E-state index contributed by atoms with van der Waals surface area (Å²) in [5, 5.41) is 43.6. The van der Waals surface area contributed by atoms with E-state index in [1.54, 1.807) is 42.7 Å². The molecule has 0 aromatic rings. The normalized spacial score (nSPS) is 17.2. The Morgan fingerprint density at radius 1 is 0.412 bits per heavy atom. The Kier molecular flexibility index (Phi) is 39.9. The predicted octanol–water partition coefficient (Wildman–Crippen LogP) is 7.08. The second-order valence-electron chi connectivity index (χ2n) is 25.5. The Balaban J connectivity index is 2.25. The van der Waals surface area contributed by atoms with Crippen molar-refractivity contribution in [3.8, 4) is 24.3 Å². The van der Waals surface area contributed by atoms with Crippen molar-refractivity contribution in [2.75, 3.05) is 221 Å². The van der Waals surface area contributed by atoms with Crippen molar-refractivity contribution >= 4 is 17.9 Å². The smallest absolute Gasteiger partial charge is 0.349 e. The topological polar surface area (TPSA) is 303 Å². The van der Waals surface area contributed by atoms with E-state index >= 15 is 0 Å². The maximum Gasteiger partial charge on any atom is 0.349 e. The van der Waals surface area contributed by atoms with Crippen molar-refractivity contribution in [2.24, 2.45) is 22.2 Å². The number of nitriles is 4. The number of carbonyl (C=O) groups excluding carboxylic acids is 3. The molecule has 0 bridgehead atoms. The van der Waals surface area contributed by atoms with Gasteiger partial charge >= 0.3 is 17.9 Å². The molecule has 97 heavy (non-hydrogen) atoms. The van der Waals surface area contributed by atoms with E-state index < -0.39 is 76.7 Å². The van der Waals surface area contributed by atoms with Crippen LogP contribution in [0.15, 0.2) is 67.5 Å². The van der Waals surface area contributed by atoms with E-state index in [-0.39, 0.29) is 92.5 Å². The zero-order valence-electron chi connectivity index (χ0n) is 59.3. The number of nitrogens with zero attached hydrogens (tertiary/aromatic N) is 9. The van der Waals surface area contributed by atoms with E-state index in [1.807, 2.05) is 68.4 Å². The maximum absolute atomic E-state index is 14.6. The molecule has 3 aliphatic rings. The molecule has 27 heteroatoms. The summed E-state index contributed by atoms with van der Waals surface area (Å²) in [5.74, 6) is -4.63. The second-order valence-corrected chi connectivity index (χ2v) is 25.5. The molecule has 0 atom stereocenters. The van der Waals surface area contributed by atoms with Crippen molar-refractivity contribution in [1.29, 1.82) is 21.0 Å². The van der Waals surface area contributed by atoms with Crippen LogP contribution in [0.4, 0.5) is 0 Å². The molecule has 0 radical (unpaired) electrons. The minimum absolute atomic E-state index is 0.0900. The molecule has 0 spiro atoms. The Morgan fingerprint density at radius 2 is 0.691 bits per heavy atom. The number of carbonyl (C=O) groups is 3. The molecule has 0 saturated carbocycles. The second kappa shape index (κ2) is 46.1. The number of rotatable bonds is 48. The first-order valence-electron chi connectivity index (χ1n) is 32.6. The highest BCUT2D eigenvalue weighted by Gasteiger charge is 2.40.